The highest BCUT2D eigenvalue weighted by Crippen LogP contribution is 2.30. The molecule has 1 unspecified atom stereocenters. The molecule has 0 aromatic rings. The van der Waals surface area contributed by atoms with Gasteiger partial charge < -0.3 is 24.8 Å². The molecule has 0 saturated carbocycles. The molecule has 0 radical (unpaired) electrons. The maximum atomic E-state index is 9.66. The summed E-state index contributed by atoms with van der Waals surface area (Å²) in [6, 6.07) is 0. The van der Waals surface area contributed by atoms with E-state index in [1.165, 1.54) is 7.11 Å². The van der Waals surface area contributed by atoms with Crippen molar-refractivity contribution in [2.45, 2.75) is 43.9 Å². The first kappa shape index (κ1) is 11.9. The largest absolute Gasteiger partial charge is 0.394 e. The van der Waals surface area contributed by atoms with Crippen LogP contribution >= 0.6 is 0 Å². The van der Waals surface area contributed by atoms with E-state index in [9.17, 15) is 10.2 Å². The van der Waals surface area contributed by atoms with Gasteiger partial charge >= 0.3 is 0 Å². The fourth-order valence-corrected chi connectivity index (χ4v) is 1.59. The second-order valence-corrected chi connectivity index (χ2v) is 4.07. The van der Waals surface area contributed by atoms with Crippen LogP contribution in [-0.2, 0) is 9.47 Å². The number of hydrogen-bond donors (Lipinski definition) is 3. The minimum atomic E-state index is -1.06. The van der Waals surface area contributed by atoms with E-state index in [1.807, 2.05) is 0 Å². The summed E-state index contributed by atoms with van der Waals surface area (Å²) in [6.45, 7) is 3.20. The average Bonchev–Trinajstić information content (AvgIpc) is 2.44. The summed E-state index contributed by atoms with van der Waals surface area (Å²) in [5.41, 5.74) is -0.690. The van der Waals surface area contributed by atoms with E-state index in [4.69, 9.17) is 14.6 Å². The summed E-state index contributed by atoms with van der Waals surface area (Å²) in [5.74, 6) is 0. The van der Waals surface area contributed by atoms with Crippen molar-refractivity contribution < 1.29 is 24.8 Å². The lowest BCUT2D eigenvalue weighted by molar-refractivity contribution is -0.132. The monoisotopic (exact) mass is 206 g/mol. The zero-order valence-corrected chi connectivity index (χ0v) is 8.67. The summed E-state index contributed by atoms with van der Waals surface area (Å²) in [5, 5.41) is 28.0. The van der Waals surface area contributed by atoms with Crippen molar-refractivity contribution in [2.75, 3.05) is 13.7 Å². The van der Waals surface area contributed by atoms with Gasteiger partial charge in [-0.25, -0.2) is 0 Å². The number of aliphatic hydroxyl groups is 3. The Labute approximate surface area is 83.3 Å². The number of rotatable bonds is 3. The van der Waals surface area contributed by atoms with Gasteiger partial charge in [0.2, 0.25) is 0 Å². The third kappa shape index (κ3) is 1.92. The van der Waals surface area contributed by atoms with Crippen LogP contribution in [0.4, 0.5) is 0 Å². The maximum absolute atomic E-state index is 9.66. The second kappa shape index (κ2) is 4.12. The Morgan fingerprint density at radius 1 is 1.29 bits per heavy atom. The number of ether oxygens (including phenoxy) is 2. The first-order valence-electron chi connectivity index (χ1n) is 4.61. The predicted octanol–water partition coefficient (Wildman–Crippen LogP) is -1.11. The van der Waals surface area contributed by atoms with Crippen LogP contribution in [-0.4, -0.2) is 59.1 Å². The van der Waals surface area contributed by atoms with E-state index in [0.717, 1.165) is 0 Å². The Morgan fingerprint density at radius 3 is 2.21 bits per heavy atom. The van der Waals surface area contributed by atoms with E-state index >= 15 is 0 Å². The molecule has 5 nitrogen and oxygen atoms in total. The second-order valence-electron chi connectivity index (χ2n) is 4.07. The summed E-state index contributed by atoms with van der Waals surface area (Å²) in [6.07, 6.45) is -3.44. The van der Waals surface area contributed by atoms with Crippen LogP contribution in [0.3, 0.4) is 0 Å². The summed E-state index contributed by atoms with van der Waals surface area (Å²) < 4.78 is 10.5. The summed E-state index contributed by atoms with van der Waals surface area (Å²) in [7, 11) is 1.51. The Kier molecular flexibility index (Phi) is 3.49. The van der Waals surface area contributed by atoms with Crippen molar-refractivity contribution in [3.8, 4) is 0 Å². The van der Waals surface area contributed by atoms with Crippen LogP contribution in [0.15, 0.2) is 0 Å². The molecular weight excluding hydrogens is 188 g/mol. The Hall–Kier alpha value is -0.200. The third-order valence-electron chi connectivity index (χ3n) is 2.75. The van der Waals surface area contributed by atoms with Gasteiger partial charge in [0.1, 0.15) is 24.4 Å². The number of aliphatic hydroxyl groups excluding tert-OH is 3. The molecule has 0 aromatic heterocycles. The van der Waals surface area contributed by atoms with E-state index in [0.29, 0.717) is 0 Å². The third-order valence-corrected chi connectivity index (χ3v) is 2.75. The highest BCUT2D eigenvalue weighted by Gasteiger charge is 2.49. The average molecular weight is 206 g/mol. The SMILES string of the molecule is COC(C)(C)C1O[C@H](CO)[C@@H](O)[C@H]1O. The van der Waals surface area contributed by atoms with Crippen LogP contribution in [0.25, 0.3) is 0 Å². The lowest BCUT2D eigenvalue weighted by Crippen LogP contribution is -2.46. The van der Waals surface area contributed by atoms with Crippen LogP contribution in [0, 0.1) is 0 Å². The molecule has 3 N–H and O–H groups in total. The first-order chi connectivity index (χ1) is 6.44. The van der Waals surface area contributed by atoms with Crippen LogP contribution in [0.1, 0.15) is 13.8 Å². The van der Waals surface area contributed by atoms with E-state index in [-0.39, 0.29) is 6.61 Å². The van der Waals surface area contributed by atoms with Crippen LogP contribution < -0.4 is 0 Å². The smallest absolute Gasteiger partial charge is 0.115 e. The number of methoxy groups -OCH3 is 1. The Balaban J connectivity index is 2.74. The Morgan fingerprint density at radius 2 is 1.86 bits per heavy atom. The molecule has 1 saturated heterocycles. The molecule has 1 heterocycles. The fourth-order valence-electron chi connectivity index (χ4n) is 1.59. The molecule has 1 rings (SSSR count). The van der Waals surface area contributed by atoms with Crippen molar-refractivity contribution in [1.82, 2.24) is 0 Å². The first-order valence-corrected chi connectivity index (χ1v) is 4.61. The van der Waals surface area contributed by atoms with Gasteiger partial charge in [0.25, 0.3) is 0 Å². The molecule has 0 aliphatic carbocycles. The van der Waals surface area contributed by atoms with Gasteiger partial charge in [0, 0.05) is 7.11 Å². The predicted molar refractivity (Wildman–Crippen MR) is 48.8 cm³/mol. The molecule has 1 fully saturated rings. The molecule has 84 valence electrons. The van der Waals surface area contributed by atoms with Gasteiger partial charge in [-0.3, -0.25) is 0 Å². The normalized spacial score (nSPS) is 39.0. The molecule has 0 aromatic carbocycles. The van der Waals surface area contributed by atoms with Gasteiger partial charge in [-0.15, -0.1) is 0 Å². The van der Waals surface area contributed by atoms with Gasteiger partial charge in [0.15, 0.2) is 0 Å². The zero-order chi connectivity index (χ0) is 10.9. The highest BCUT2D eigenvalue weighted by molar-refractivity contribution is 4.98. The van der Waals surface area contributed by atoms with E-state index in [2.05, 4.69) is 0 Å². The molecule has 1 aliphatic heterocycles. The van der Waals surface area contributed by atoms with E-state index in [1.54, 1.807) is 13.8 Å². The van der Waals surface area contributed by atoms with Crippen molar-refractivity contribution in [3.63, 3.8) is 0 Å². The minimum Gasteiger partial charge on any atom is -0.394 e. The molecule has 0 amide bonds. The fraction of sp³-hybridized carbons (Fsp3) is 1.00. The topological polar surface area (TPSA) is 79.2 Å². The molecule has 0 bridgehead atoms. The van der Waals surface area contributed by atoms with Crippen molar-refractivity contribution in [3.05, 3.63) is 0 Å². The summed E-state index contributed by atoms with van der Waals surface area (Å²) in [4.78, 5) is 0. The van der Waals surface area contributed by atoms with E-state index < -0.39 is 30.0 Å². The summed E-state index contributed by atoms with van der Waals surface area (Å²) >= 11 is 0. The lowest BCUT2D eigenvalue weighted by atomic mass is 9.95. The lowest BCUT2D eigenvalue weighted by Gasteiger charge is -2.31. The van der Waals surface area contributed by atoms with Gasteiger partial charge in [-0.1, -0.05) is 0 Å². The van der Waals surface area contributed by atoms with Gasteiger partial charge in [0.05, 0.1) is 12.2 Å². The zero-order valence-electron chi connectivity index (χ0n) is 8.67. The van der Waals surface area contributed by atoms with Gasteiger partial charge in [-0.05, 0) is 13.8 Å². The van der Waals surface area contributed by atoms with Crippen LogP contribution in [0.2, 0.25) is 0 Å². The van der Waals surface area contributed by atoms with Gasteiger partial charge in [-0.2, -0.15) is 0 Å². The van der Waals surface area contributed by atoms with Crippen molar-refractivity contribution in [1.29, 1.82) is 0 Å². The highest BCUT2D eigenvalue weighted by atomic mass is 16.6. The molecule has 0 spiro atoms. The standard InChI is InChI=1S/C9H18O5/c1-9(2,13-3)8-7(12)6(11)5(4-10)14-8/h5-8,10-12H,4H2,1-3H3/t5-,6-,7-,8?/m1/s1. The van der Waals surface area contributed by atoms with Crippen molar-refractivity contribution >= 4 is 0 Å². The maximum Gasteiger partial charge on any atom is 0.115 e. The quantitative estimate of drug-likeness (QED) is 0.546. The van der Waals surface area contributed by atoms with Crippen LogP contribution in [0.5, 0.6) is 0 Å². The molecule has 1 aliphatic rings. The molecule has 5 heteroatoms. The molecular formula is C9H18O5. The molecule has 4 atom stereocenters. The van der Waals surface area contributed by atoms with Crippen molar-refractivity contribution in [2.24, 2.45) is 0 Å². The number of hydrogen-bond acceptors (Lipinski definition) is 5. The minimum absolute atomic E-state index is 0.311. The molecule has 14 heavy (non-hydrogen) atoms. The Bertz CT molecular complexity index is 194.